The Kier molecular flexibility index (Phi) is 6.31. The first-order valence-electron chi connectivity index (χ1n) is 12.9. The molecule has 0 radical (unpaired) electrons. The van der Waals surface area contributed by atoms with E-state index in [2.05, 4.69) is 11.0 Å². The number of halogens is 1. The zero-order valence-electron chi connectivity index (χ0n) is 21.7. The van der Waals surface area contributed by atoms with Gasteiger partial charge >= 0.3 is 0 Å². The number of carbonyl (C=O) groups excluding carboxylic acids is 1. The van der Waals surface area contributed by atoms with Gasteiger partial charge < -0.3 is 19.3 Å². The smallest absolute Gasteiger partial charge is 0.258 e. The van der Waals surface area contributed by atoms with Gasteiger partial charge in [-0.3, -0.25) is 9.59 Å². The Hall–Kier alpha value is -4.23. The summed E-state index contributed by atoms with van der Waals surface area (Å²) < 4.78 is 15.3. The fraction of sp³-hybridized carbons (Fsp3) is 0.310. The molecule has 3 heterocycles. The van der Waals surface area contributed by atoms with Crippen molar-refractivity contribution >= 4 is 44.5 Å². The van der Waals surface area contributed by atoms with E-state index in [0.29, 0.717) is 52.8 Å². The summed E-state index contributed by atoms with van der Waals surface area (Å²) in [7, 11) is 1.89. The van der Waals surface area contributed by atoms with Crippen molar-refractivity contribution in [3.05, 3.63) is 69.7 Å². The minimum absolute atomic E-state index is 0.0125. The number of carbonyl (C=O) groups is 1. The Bertz CT molecular complexity index is 1680. The summed E-state index contributed by atoms with van der Waals surface area (Å²) in [5.74, 6) is -0.268. The minimum atomic E-state index is -0.350. The summed E-state index contributed by atoms with van der Waals surface area (Å²) in [6, 6.07) is 14.3. The highest BCUT2D eigenvalue weighted by Crippen LogP contribution is 2.40. The van der Waals surface area contributed by atoms with Gasteiger partial charge in [-0.2, -0.15) is 5.26 Å². The van der Waals surface area contributed by atoms with E-state index >= 15 is 0 Å². The molecular formula is C29H27FN6O2S. The first kappa shape index (κ1) is 25.1. The van der Waals surface area contributed by atoms with Gasteiger partial charge in [-0.15, -0.1) is 0 Å². The number of hydrogen-bond acceptors (Lipinski definition) is 7. The van der Waals surface area contributed by atoms with Crippen LogP contribution < -0.4 is 15.4 Å². The van der Waals surface area contributed by atoms with Crippen molar-refractivity contribution in [1.82, 2.24) is 14.5 Å². The topological polar surface area (TPSA) is 85.5 Å². The van der Waals surface area contributed by atoms with Crippen molar-refractivity contribution in [2.75, 3.05) is 43.0 Å². The van der Waals surface area contributed by atoms with E-state index in [1.165, 1.54) is 23.5 Å². The molecule has 10 heteroatoms. The molecule has 1 aliphatic heterocycles. The number of rotatable bonds is 5. The van der Waals surface area contributed by atoms with Crippen molar-refractivity contribution in [1.29, 1.82) is 5.26 Å². The van der Waals surface area contributed by atoms with Gasteiger partial charge in [0.25, 0.3) is 5.56 Å². The number of piperazine rings is 1. The molecule has 0 N–H and O–H groups in total. The highest BCUT2D eigenvalue weighted by Gasteiger charge is 2.28. The highest BCUT2D eigenvalue weighted by molar-refractivity contribution is 7.16. The van der Waals surface area contributed by atoms with E-state index in [9.17, 15) is 19.2 Å². The van der Waals surface area contributed by atoms with Crippen LogP contribution in [-0.4, -0.2) is 53.6 Å². The third-order valence-electron chi connectivity index (χ3n) is 7.52. The Morgan fingerprint density at radius 3 is 2.46 bits per heavy atom. The number of amides is 1. The molecular weight excluding hydrogens is 515 g/mol. The number of hydrogen-bond donors (Lipinski definition) is 0. The Labute approximate surface area is 229 Å². The molecule has 2 aliphatic rings. The SMILES string of the molecule is CC(=O)N1CCN(c2ccc3c(=O)n(C4CC4)cc(N(C)c4nc(-c5ccc(F)cc5)c(C#N)s4)c3c2)CC1. The quantitative estimate of drug-likeness (QED) is 0.356. The van der Waals surface area contributed by atoms with Crippen LogP contribution >= 0.6 is 11.3 Å². The number of benzene rings is 2. The lowest BCUT2D eigenvalue weighted by atomic mass is 10.1. The maximum atomic E-state index is 13.5. The van der Waals surface area contributed by atoms with Gasteiger partial charge in [-0.1, -0.05) is 11.3 Å². The van der Waals surface area contributed by atoms with E-state index < -0.39 is 0 Å². The summed E-state index contributed by atoms with van der Waals surface area (Å²) in [4.78, 5) is 36.4. The molecule has 1 amide bonds. The first-order chi connectivity index (χ1) is 18.8. The molecule has 1 saturated heterocycles. The molecule has 6 rings (SSSR count). The number of anilines is 3. The third kappa shape index (κ3) is 4.63. The van der Waals surface area contributed by atoms with Crippen LogP contribution in [0.4, 0.5) is 20.9 Å². The summed E-state index contributed by atoms with van der Waals surface area (Å²) in [6.45, 7) is 4.34. The summed E-state index contributed by atoms with van der Waals surface area (Å²) in [6.07, 6.45) is 3.85. The lowest BCUT2D eigenvalue weighted by molar-refractivity contribution is -0.129. The molecule has 2 aromatic heterocycles. The normalized spacial score (nSPS) is 15.4. The van der Waals surface area contributed by atoms with Crippen LogP contribution in [0.25, 0.3) is 22.0 Å². The van der Waals surface area contributed by atoms with Crippen LogP contribution in [0.5, 0.6) is 0 Å². The fourth-order valence-electron chi connectivity index (χ4n) is 5.13. The predicted octanol–water partition coefficient (Wildman–Crippen LogP) is 4.91. The maximum absolute atomic E-state index is 13.5. The largest absolute Gasteiger partial charge is 0.368 e. The van der Waals surface area contributed by atoms with Crippen LogP contribution in [0, 0.1) is 17.1 Å². The van der Waals surface area contributed by atoms with Crippen molar-refractivity contribution in [3.8, 4) is 17.3 Å². The van der Waals surface area contributed by atoms with Gasteiger partial charge in [0, 0.05) is 74.4 Å². The number of thiazole rings is 1. The lowest BCUT2D eigenvalue weighted by Gasteiger charge is -2.35. The second-order valence-electron chi connectivity index (χ2n) is 10.0. The number of pyridine rings is 1. The van der Waals surface area contributed by atoms with E-state index in [1.54, 1.807) is 19.1 Å². The molecule has 4 aromatic rings. The van der Waals surface area contributed by atoms with Gasteiger partial charge in [0.15, 0.2) is 5.13 Å². The van der Waals surface area contributed by atoms with Gasteiger partial charge in [-0.25, -0.2) is 9.37 Å². The van der Waals surface area contributed by atoms with Crippen molar-refractivity contribution in [2.24, 2.45) is 0 Å². The molecule has 198 valence electrons. The monoisotopic (exact) mass is 542 g/mol. The molecule has 0 atom stereocenters. The minimum Gasteiger partial charge on any atom is -0.368 e. The first-order valence-corrected chi connectivity index (χ1v) is 13.8. The van der Waals surface area contributed by atoms with E-state index in [0.717, 1.165) is 29.6 Å². The van der Waals surface area contributed by atoms with E-state index in [-0.39, 0.29) is 23.3 Å². The number of aromatic nitrogens is 2. The van der Waals surface area contributed by atoms with Crippen molar-refractivity contribution in [2.45, 2.75) is 25.8 Å². The zero-order valence-corrected chi connectivity index (χ0v) is 22.5. The molecule has 1 aliphatic carbocycles. The molecule has 39 heavy (non-hydrogen) atoms. The van der Waals surface area contributed by atoms with Gasteiger partial charge in [0.05, 0.1) is 5.69 Å². The zero-order chi connectivity index (χ0) is 27.3. The number of nitrogens with zero attached hydrogens (tertiary/aromatic N) is 6. The highest BCUT2D eigenvalue weighted by atomic mass is 32.1. The Morgan fingerprint density at radius 1 is 1.10 bits per heavy atom. The summed E-state index contributed by atoms with van der Waals surface area (Å²) in [5, 5.41) is 11.9. The molecule has 0 unspecified atom stereocenters. The van der Waals surface area contributed by atoms with Gasteiger partial charge in [0.2, 0.25) is 5.91 Å². The van der Waals surface area contributed by atoms with Crippen LogP contribution in [0.1, 0.15) is 30.7 Å². The number of fused-ring (bicyclic) bond motifs is 1. The van der Waals surface area contributed by atoms with Gasteiger partial charge in [-0.05, 0) is 55.3 Å². The second-order valence-corrected chi connectivity index (χ2v) is 11.0. The molecule has 8 nitrogen and oxygen atoms in total. The Morgan fingerprint density at radius 2 is 1.82 bits per heavy atom. The van der Waals surface area contributed by atoms with Crippen LogP contribution in [0.2, 0.25) is 0 Å². The third-order valence-corrected chi connectivity index (χ3v) is 8.56. The van der Waals surface area contributed by atoms with Crippen LogP contribution in [0.3, 0.4) is 0 Å². The van der Waals surface area contributed by atoms with Crippen LogP contribution in [-0.2, 0) is 4.79 Å². The average Bonchev–Trinajstić information content (AvgIpc) is 3.71. The average molecular weight is 543 g/mol. The summed E-state index contributed by atoms with van der Waals surface area (Å²) >= 11 is 1.26. The fourth-order valence-corrected chi connectivity index (χ4v) is 5.99. The lowest BCUT2D eigenvalue weighted by Crippen LogP contribution is -2.48. The van der Waals surface area contributed by atoms with E-state index in [4.69, 9.17) is 4.98 Å². The molecule has 1 saturated carbocycles. The number of nitriles is 1. The Balaban J connectivity index is 1.43. The van der Waals surface area contributed by atoms with E-state index in [1.807, 2.05) is 45.8 Å². The summed E-state index contributed by atoms with van der Waals surface area (Å²) in [5.41, 5.74) is 2.98. The van der Waals surface area contributed by atoms with Gasteiger partial charge in [0.1, 0.15) is 22.5 Å². The molecule has 0 spiro atoms. The maximum Gasteiger partial charge on any atom is 0.258 e. The van der Waals surface area contributed by atoms with Crippen molar-refractivity contribution < 1.29 is 9.18 Å². The standard InChI is InChI=1S/C29H27FN6O2S/c1-18(37)34-11-13-35(14-12-34)22-9-10-23-24(15-22)25(17-36(28(23)38)21-7-8-21)33(2)29-32-27(26(16-31)39-29)19-3-5-20(30)6-4-19/h3-6,9-10,15,17,21H,7-8,11-14H2,1-2H3. The molecule has 2 fully saturated rings. The second kappa shape index (κ2) is 9.82. The molecule has 0 bridgehead atoms. The van der Waals surface area contributed by atoms with Crippen LogP contribution in [0.15, 0.2) is 53.5 Å². The molecule has 2 aromatic carbocycles. The predicted molar refractivity (Wildman–Crippen MR) is 151 cm³/mol. The van der Waals surface area contributed by atoms with Crippen molar-refractivity contribution in [3.63, 3.8) is 0 Å².